The Kier molecular flexibility index (Phi) is 7.77. The Labute approximate surface area is 112 Å². The van der Waals surface area contributed by atoms with Gasteiger partial charge in [0.1, 0.15) is 24.4 Å². The molecule has 19 heavy (non-hydrogen) atoms. The minimum Gasteiger partial charge on any atom is -0.394 e. The van der Waals surface area contributed by atoms with Crippen LogP contribution >= 0.6 is 0 Å². The molecule has 0 bridgehead atoms. The number of unbranched alkanes of at least 4 members (excludes halogenated alkanes) is 3. The van der Waals surface area contributed by atoms with Gasteiger partial charge in [-0.05, 0) is 19.4 Å². The first-order valence-electron chi connectivity index (χ1n) is 6.74. The van der Waals surface area contributed by atoms with E-state index in [1.54, 1.807) is 0 Å². The normalized spacial score (nSPS) is 35.5. The minimum atomic E-state index is -1.38. The highest BCUT2D eigenvalue weighted by Gasteiger charge is 2.43. The Morgan fingerprint density at radius 3 is 2.26 bits per heavy atom. The van der Waals surface area contributed by atoms with Gasteiger partial charge in [-0.1, -0.05) is 12.8 Å². The molecular formula is C12H25NO6. The van der Waals surface area contributed by atoms with E-state index in [2.05, 4.69) is 0 Å². The number of hydrogen-bond acceptors (Lipinski definition) is 7. The smallest absolute Gasteiger partial charge is 0.186 e. The Morgan fingerprint density at radius 2 is 1.63 bits per heavy atom. The third-order valence-corrected chi connectivity index (χ3v) is 3.23. The van der Waals surface area contributed by atoms with E-state index in [0.29, 0.717) is 13.2 Å². The average molecular weight is 279 g/mol. The van der Waals surface area contributed by atoms with E-state index in [1.165, 1.54) is 0 Å². The van der Waals surface area contributed by atoms with Gasteiger partial charge in [-0.3, -0.25) is 0 Å². The fourth-order valence-electron chi connectivity index (χ4n) is 2.00. The Morgan fingerprint density at radius 1 is 0.947 bits per heavy atom. The maximum atomic E-state index is 9.70. The minimum absolute atomic E-state index is 0.382. The zero-order valence-electron chi connectivity index (χ0n) is 11.0. The summed E-state index contributed by atoms with van der Waals surface area (Å²) in [7, 11) is 0. The van der Waals surface area contributed by atoms with Crippen molar-refractivity contribution in [1.29, 1.82) is 0 Å². The lowest BCUT2D eigenvalue weighted by Gasteiger charge is -2.39. The average Bonchev–Trinajstić information content (AvgIpc) is 2.42. The van der Waals surface area contributed by atoms with Crippen molar-refractivity contribution in [3.63, 3.8) is 0 Å². The lowest BCUT2D eigenvalue weighted by molar-refractivity contribution is -0.301. The maximum Gasteiger partial charge on any atom is 0.186 e. The van der Waals surface area contributed by atoms with Crippen molar-refractivity contribution in [2.75, 3.05) is 19.8 Å². The zero-order chi connectivity index (χ0) is 14.3. The molecule has 1 saturated heterocycles. The van der Waals surface area contributed by atoms with Gasteiger partial charge in [-0.15, -0.1) is 0 Å². The van der Waals surface area contributed by atoms with Crippen molar-refractivity contribution >= 4 is 0 Å². The van der Waals surface area contributed by atoms with E-state index in [-0.39, 0.29) is 0 Å². The molecule has 0 aromatic heterocycles. The van der Waals surface area contributed by atoms with E-state index in [9.17, 15) is 15.3 Å². The molecule has 0 aliphatic carbocycles. The van der Waals surface area contributed by atoms with E-state index in [1.807, 2.05) is 0 Å². The van der Waals surface area contributed by atoms with Gasteiger partial charge in [0.15, 0.2) is 6.29 Å². The second-order valence-electron chi connectivity index (χ2n) is 4.77. The van der Waals surface area contributed by atoms with Crippen molar-refractivity contribution in [3.8, 4) is 0 Å². The molecular weight excluding hydrogens is 254 g/mol. The monoisotopic (exact) mass is 279 g/mol. The number of nitrogens with two attached hydrogens (primary N) is 1. The van der Waals surface area contributed by atoms with Crippen LogP contribution in [0.3, 0.4) is 0 Å². The molecule has 1 aliphatic heterocycles. The molecule has 0 saturated carbocycles. The van der Waals surface area contributed by atoms with E-state index in [4.69, 9.17) is 20.3 Å². The molecule has 0 radical (unpaired) electrons. The molecule has 1 aliphatic rings. The highest BCUT2D eigenvalue weighted by Crippen LogP contribution is 2.22. The fraction of sp³-hybridized carbons (Fsp3) is 1.00. The quantitative estimate of drug-likeness (QED) is 0.336. The van der Waals surface area contributed by atoms with Crippen molar-refractivity contribution < 1.29 is 29.9 Å². The standard InChI is InChI=1S/C12H25NO6/c13-5-3-1-2-4-6-18-12-11(17)10(16)9(15)8(7-14)19-12/h8-12,14-17H,1-7,13H2/t8-,9-,10+,11-,12?/m1/s1. The molecule has 0 amide bonds. The van der Waals surface area contributed by atoms with Crippen molar-refractivity contribution in [3.05, 3.63) is 0 Å². The van der Waals surface area contributed by atoms with E-state index < -0.39 is 37.3 Å². The van der Waals surface area contributed by atoms with Gasteiger partial charge >= 0.3 is 0 Å². The van der Waals surface area contributed by atoms with Crippen LogP contribution in [0.15, 0.2) is 0 Å². The van der Waals surface area contributed by atoms with Gasteiger partial charge in [0.25, 0.3) is 0 Å². The largest absolute Gasteiger partial charge is 0.394 e. The van der Waals surface area contributed by atoms with Crippen molar-refractivity contribution in [2.45, 2.75) is 56.4 Å². The first-order valence-corrected chi connectivity index (χ1v) is 6.74. The SMILES string of the molecule is NCCCCCCOC1O[C@H](CO)[C@@H](O)[C@H](O)[C@H]1O. The molecule has 7 heteroatoms. The third kappa shape index (κ3) is 4.96. The van der Waals surface area contributed by atoms with Gasteiger partial charge < -0.3 is 35.6 Å². The van der Waals surface area contributed by atoms with Crippen molar-refractivity contribution in [2.24, 2.45) is 5.73 Å². The summed E-state index contributed by atoms with van der Waals surface area (Å²) >= 11 is 0. The van der Waals surface area contributed by atoms with Crippen LogP contribution in [0.25, 0.3) is 0 Å². The van der Waals surface area contributed by atoms with Gasteiger partial charge in [0.2, 0.25) is 0 Å². The zero-order valence-corrected chi connectivity index (χ0v) is 11.0. The molecule has 5 atom stereocenters. The third-order valence-electron chi connectivity index (χ3n) is 3.23. The highest BCUT2D eigenvalue weighted by atomic mass is 16.7. The molecule has 0 spiro atoms. The van der Waals surface area contributed by atoms with Crippen LogP contribution in [0.4, 0.5) is 0 Å². The lowest BCUT2D eigenvalue weighted by atomic mass is 9.99. The van der Waals surface area contributed by atoms with E-state index >= 15 is 0 Å². The molecule has 0 aromatic rings. The second kappa shape index (κ2) is 8.80. The summed E-state index contributed by atoms with van der Waals surface area (Å²) in [4.78, 5) is 0. The van der Waals surface area contributed by atoms with Crippen LogP contribution in [-0.2, 0) is 9.47 Å². The summed E-state index contributed by atoms with van der Waals surface area (Å²) in [5.74, 6) is 0. The number of rotatable bonds is 8. The molecule has 1 rings (SSSR count). The van der Waals surface area contributed by atoms with Gasteiger partial charge in [0.05, 0.1) is 6.61 Å². The molecule has 1 heterocycles. The molecule has 1 fully saturated rings. The number of ether oxygens (including phenoxy) is 2. The van der Waals surface area contributed by atoms with Gasteiger partial charge in [0, 0.05) is 6.61 Å². The first kappa shape index (κ1) is 16.8. The summed E-state index contributed by atoms with van der Waals surface area (Å²) in [6.45, 7) is 0.613. The molecule has 6 N–H and O–H groups in total. The number of aliphatic hydroxyl groups excluding tert-OH is 4. The van der Waals surface area contributed by atoms with Crippen LogP contribution in [0.2, 0.25) is 0 Å². The summed E-state index contributed by atoms with van der Waals surface area (Å²) in [6.07, 6.45) is -2.22. The Bertz CT molecular complexity index is 240. The fourth-order valence-corrected chi connectivity index (χ4v) is 2.00. The Hall–Kier alpha value is -0.280. The van der Waals surface area contributed by atoms with Crippen molar-refractivity contribution in [1.82, 2.24) is 0 Å². The van der Waals surface area contributed by atoms with Crippen LogP contribution in [0.5, 0.6) is 0 Å². The summed E-state index contributed by atoms with van der Waals surface area (Å²) < 4.78 is 10.5. The topological polar surface area (TPSA) is 125 Å². The molecule has 0 aromatic carbocycles. The van der Waals surface area contributed by atoms with Crippen LogP contribution in [0, 0.1) is 0 Å². The molecule has 114 valence electrons. The maximum absolute atomic E-state index is 9.70. The molecule has 1 unspecified atom stereocenters. The summed E-state index contributed by atoms with van der Waals surface area (Å²) in [6, 6.07) is 0. The van der Waals surface area contributed by atoms with Crippen LogP contribution in [0.1, 0.15) is 25.7 Å². The summed E-state index contributed by atoms with van der Waals surface area (Å²) in [5, 5.41) is 37.8. The van der Waals surface area contributed by atoms with Gasteiger partial charge in [-0.25, -0.2) is 0 Å². The second-order valence-corrected chi connectivity index (χ2v) is 4.77. The van der Waals surface area contributed by atoms with E-state index in [0.717, 1.165) is 25.7 Å². The summed E-state index contributed by atoms with van der Waals surface area (Å²) in [5.41, 5.74) is 5.38. The number of hydrogen-bond donors (Lipinski definition) is 5. The predicted molar refractivity (Wildman–Crippen MR) is 67.2 cm³/mol. The van der Waals surface area contributed by atoms with Gasteiger partial charge in [-0.2, -0.15) is 0 Å². The first-order chi connectivity index (χ1) is 9.11. The van der Waals surface area contributed by atoms with Crippen LogP contribution in [-0.4, -0.2) is 70.9 Å². The highest BCUT2D eigenvalue weighted by molar-refractivity contribution is 4.88. The number of aliphatic hydroxyl groups is 4. The lowest BCUT2D eigenvalue weighted by Crippen LogP contribution is -2.59. The molecule has 7 nitrogen and oxygen atoms in total. The van der Waals surface area contributed by atoms with Crippen LogP contribution < -0.4 is 5.73 Å². The predicted octanol–water partition coefficient (Wildman–Crippen LogP) is -1.68. The Balaban J connectivity index is 2.28.